The van der Waals surface area contributed by atoms with Crippen LogP contribution < -0.4 is 10.1 Å². The molecule has 7 nitrogen and oxygen atoms in total. The molecule has 3 heterocycles. The molecule has 1 aliphatic rings. The molecule has 1 saturated carbocycles. The predicted molar refractivity (Wildman–Crippen MR) is 97.3 cm³/mol. The van der Waals surface area contributed by atoms with Crippen molar-refractivity contribution in [2.75, 3.05) is 0 Å². The normalized spacial score (nSPS) is 15.3. The van der Waals surface area contributed by atoms with Crippen molar-refractivity contribution in [2.24, 2.45) is 5.92 Å². The average Bonchev–Trinajstić information content (AvgIpc) is 3.40. The van der Waals surface area contributed by atoms with E-state index in [1.165, 1.54) is 18.6 Å². The summed E-state index contributed by atoms with van der Waals surface area (Å²) < 4.78 is 43.1. The monoisotopic (exact) mass is 405 g/mol. The van der Waals surface area contributed by atoms with E-state index in [1.54, 1.807) is 17.4 Å². The molecule has 0 bridgehead atoms. The highest BCUT2D eigenvalue weighted by atomic mass is 19.4. The lowest BCUT2D eigenvalue weighted by atomic mass is 10.1. The van der Waals surface area contributed by atoms with Crippen molar-refractivity contribution in [1.29, 1.82) is 0 Å². The third-order valence-electron chi connectivity index (χ3n) is 4.84. The number of amides is 1. The highest BCUT2D eigenvalue weighted by molar-refractivity contribution is 5.98. The molecule has 1 aliphatic carbocycles. The summed E-state index contributed by atoms with van der Waals surface area (Å²) in [6.45, 7) is 3.74. The number of nitrogens with zero attached hydrogens (tertiary/aromatic N) is 4. The van der Waals surface area contributed by atoms with Crippen LogP contribution in [0.3, 0.4) is 0 Å². The van der Waals surface area contributed by atoms with Gasteiger partial charge in [-0.15, -0.1) is 13.2 Å². The second-order valence-corrected chi connectivity index (χ2v) is 7.13. The summed E-state index contributed by atoms with van der Waals surface area (Å²) in [5.74, 6) is -0.289. The van der Waals surface area contributed by atoms with E-state index >= 15 is 0 Å². The first-order chi connectivity index (χ1) is 13.7. The van der Waals surface area contributed by atoms with E-state index in [0.29, 0.717) is 28.5 Å². The minimum absolute atomic E-state index is 0.0453. The first-order valence-electron chi connectivity index (χ1n) is 9.08. The summed E-state index contributed by atoms with van der Waals surface area (Å²) in [6, 6.07) is 2.92. The van der Waals surface area contributed by atoms with Gasteiger partial charge in [0.25, 0.3) is 5.91 Å². The van der Waals surface area contributed by atoms with Crippen LogP contribution in [0.15, 0.2) is 30.9 Å². The number of pyridine rings is 1. The van der Waals surface area contributed by atoms with E-state index in [0.717, 1.165) is 19.0 Å². The molecule has 10 heteroatoms. The molecule has 0 aliphatic heterocycles. The van der Waals surface area contributed by atoms with Crippen molar-refractivity contribution < 1.29 is 22.7 Å². The SMILES string of the molecule is Cc1cc(-c2cncc(OC(F)(F)F)c2)nc2c(C(=O)N[C@@H](C)C3CC3)ncn12. The van der Waals surface area contributed by atoms with Crippen LogP contribution >= 0.6 is 0 Å². The van der Waals surface area contributed by atoms with Crippen LogP contribution in [-0.4, -0.2) is 37.7 Å². The number of hydrogen-bond donors (Lipinski definition) is 1. The van der Waals surface area contributed by atoms with Gasteiger partial charge in [0, 0.05) is 23.5 Å². The van der Waals surface area contributed by atoms with Gasteiger partial charge < -0.3 is 10.1 Å². The summed E-state index contributed by atoms with van der Waals surface area (Å²) in [4.78, 5) is 25.1. The third-order valence-corrected chi connectivity index (χ3v) is 4.84. The molecule has 1 N–H and O–H groups in total. The number of hydrogen-bond acceptors (Lipinski definition) is 5. The van der Waals surface area contributed by atoms with E-state index in [1.807, 2.05) is 6.92 Å². The number of halogens is 3. The predicted octanol–water partition coefficient (Wildman–Crippen LogP) is 3.53. The second kappa shape index (κ2) is 7.02. The van der Waals surface area contributed by atoms with Crippen LogP contribution in [0, 0.1) is 12.8 Å². The number of carbonyl (C=O) groups excluding carboxylic acids is 1. The lowest BCUT2D eigenvalue weighted by Gasteiger charge is -2.12. The number of alkyl halides is 3. The van der Waals surface area contributed by atoms with Crippen molar-refractivity contribution in [3.05, 3.63) is 42.2 Å². The number of rotatable bonds is 5. The molecule has 1 fully saturated rings. The van der Waals surface area contributed by atoms with Crippen LogP contribution in [0.1, 0.15) is 35.9 Å². The Morgan fingerprint density at radius 3 is 2.76 bits per heavy atom. The Morgan fingerprint density at radius 1 is 1.31 bits per heavy atom. The van der Waals surface area contributed by atoms with Gasteiger partial charge in [0.15, 0.2) is 11.3 Å². The average molecular weight is 405 g/mol. The quantitative estimate of drug-likeness (QED) is 0.702. The molecule has 3 aromatic heterocycles. The van der Waals surface area contributed by atoms with Gasteiger partial charge in [-0.2, -0.15) is 0 Å². The van der Waals surface area contributed by atoms with E-state index < -0.39 is 12.1 Å². The van der Waals surface area contributed by atoms with Gasteiger partial charge in [-0.1, -0.05) is 0 Å². The summed E-state index contributed by atoms with van der Waals surface area (Å²) in [5.41, 5.74) is 1.89. The second-order valence-electron chi connectivity index (χ2n) is 7.13. The largest absolute Gasteiger partial charge is 0.573 e. The molecular formula is C19H18F3N5O2. The number of ether oxygens (including phenoxy) is 1. The van der Waals surface area contributed by atoms with Crippen LogP contribution in [0.2, 0.25) is 0 Å². The molecule has 0 spiro atoms. The fourth-order valence-corrected chi connectivity index (χ4v) is 3.17. The molecule has 0 unspecified atom stereocenters. The van der Waals surface area contributed by atoms with Crippen LogP contribution in [-0.2, 0) is 0 Å². The lowest BCUT2D eigenvalue weighted by Crippen LogP contribution is -2.34. The van der Waals surface area contributed by atoms with Crippen LogP contribution in [0.4, 0.5) is 13.2 Å². The minimum Gasteiger partial charge on any atom is -0.404 e. The number of aryl methyl sites for hydroxylation is 1. The highest BCUT2D eigenvalue weighted by Gasteiger charge is 2.32. The number of nitrogens with one attached hydrogen (secondary N) is 1. The summed E-state index contributed by atoms with van der Waals surface area (Å²) in [7, 11) is 0. The molecule has 0 saturated heterocycles. The van der Waals surface area contributed by atoms with Crippen LogP contribution in [0.25, 0.3) is 16.9 Å². The molecule has 4 rings (SSSR count). The Labute approximate surface area is 164 Å². The van der Waals surface area contributed by atoms with Crippen molar-refractivity contribution in [2.45, 2.75) is 39.1 Å². The Hall–Kier alpha value is -3.17. The lowest BCUT2D eigenvalue weighted by molar-refractivity contribution is -0.274. The van der Waals surface area contributed by atoms with Gasteiger partial charge in [0.05, 0.1) is 11.9 Å². The summed E-state index contributed by atoms with van der Waals surface area (Å²) in [6.07, 6.45) is 1.22. The van der Waals surface area contributed by atoms with E-state index in [4.69, 9.17) is 0 Å². The van der Waals surface area contributed by atoms with E-state index in [2.05, 4.69) is 25.0 Å². The Balaban J connectivity index is 1.69. The van der Waals surface area contributed by atoms with Gasteiger partial charge >= 0.3 is 6.36 Å². The molecular weight excluding hydrogens is 387 g/mol. The zero-order chi connectivity index (χ0) is 20.8. The summed E-state index contributed by atoms with van der Waals surface area (Å²) >= 11 is 0. The van der Waals surface area contributed by atoms with Crippen LogP contribution in [0.5, 0.6) is 5.75 Å². The number of aromatic nitrogens is 4. The van der Waals surface area contributed by atoms with Crippen molar-refractivity contribution in [3.8, 4) is 17.0 Å². The third kappa shape index (κ3) is 4.15. The minimum atomic E-state index is -4.82. The Kier molecular flexibility index (Phi) is 4.64. The van der Waals surface area contributed by atoms with Crippen molar-refractivity contribution in [3.63, 3.8) is 0 Å². The fourth-order valence-electron chi connectivity index (χ4n) is 3.17. The zero-order valence-corrected chi connectivity index (χ0v) is 15.7. The van der Waals surface area contributed by atoms with Gasteiger partial charge in [-0.25, -0.2) is 9.97 Å². The van der Waals surface area contributed by atoms with Crippen molar-refractivity contribution >= 4 is 11.6 Å². The maximum Gasteiger partial charge on any atom is 0.573 e. The maximum atomic E-state index is 12.6. The maximum absolute atomic E-state index is 12.6. The first kappa shape index (κ1) is 19.2. The van der Waals surface area contributed by atoms with Gasteiger partial charge in [-0.3, -0.25) is 14.2 Å². The van der Waals surface area contributed by atoms with Gasteiger partial charge in [0.2, 0.25) is 0 Å². The molecule has 3 aromatic rings. The first-order valence-corrected chi connectivity index (χ1v) is 9.08. The molecule has 1 amide bonds. The fraction of sp³-hybridized carbons (Fsp3) is 0.368. The van der Waals surface area contributed by atoms with Crippen molar-refractivity contribution in [1.82, 2.24) is 24.7 Å². The standard InChI is InChI=1S/C19H18F3N5O2/c1-10-5-15(13-6-14(8-23-7-13)29-19(20,21)22)26-17-16(24-9-27(10)17)18(28)25-11(2)12-3-4-12/h5-9,11-12H,3-4H2,1-2H3,(H,25,28)/t11-/m0/s1. The molecule has 29 heavy (non-hydrogen) atoms. The topological polar surface area (TPSA) is 81.4 Å². The number of fused-ring (bicyclic) bond motifs is 1. The Bertz CT molecular complexity index is 1080. The van der Waals surface area contributed by atoms with Gasteiger partial charge in [0.1, 0.15) is 12.1 Å². The molecule has 152 valence electrons. The molecule has 1 atom stereocenters. The molecule has 0 aromatic carbocycles. The number of imidazole rings is 1. The number of carbonyl (C=O) groups is 1. The summed E-state index contributed by atoms with van der Waals surface area (Å²) in [5, 5.41) is 2.94. The van der Waals surface area contributed by atoms with Gasteiger partial charge in [-0.05, 0) is 44.7 Å². The molecule has 0 radical (unpaired) electrons. The highest BCUT2D eigenvalue weighted by Crippen LogP contribution is 2.32. The smallest absolute Gasteiger partial charge is 0.404 e. The van der Waals surface area contributed by atoms with E-state index in [9.17, 15) is 18.0 Å². The van der Waals surface area contributed by atoms with E-state index in [-0.39, 0.29) is 17.6 Å². The zero-order valence-electron chi connectivity index (χ0n) is 15.7. The Morgan fingerprint density at radius 2 is 2.07 bits per heavy atom.